The van der Waals surface area contributed by atoms with Crippen molar-refractivity contribution in [1.82, 2.24) is 0 Å². The number of rotatable bonds is 16. The molecule has 0 saturated heterocycles. The summed E-state index contributed by atoms with van der Waals surface area (Å²) >= 11 is 0. The highest BCUT2D eigenvalue weighted by molar-refractivity contribution is 5.92. The normalized spacial score (nSPS) is 12.7. The Morgan fingerprint density at radius 1 is 0.962 bits per heavy atom. The van der Waals surface area contributed by atoms with Crippen molar-refractivity contribution in [3.8, 4) is 0 Å². The molecule has 0 spiro atoms. The molecule has 0 aliphatic heterocycles. The Balaban J connectivity index is 5.34. The van der Waals surface area contributed by atoms with E-state index in [2.05, 4.69) is 6.58 Å². The Morgan fingerprint density at radius 2 is 1.50 bits per heavy atom. The fraction of sp³-hybridized carbons (Fsp3) is 0.650. The van der Waals surface area contributed by atoms with Gasteiger partial charge in [-0.3, -0.25) is 9.59 Å². The van der Waals surface area contributed by atoms with Gasteiger partial charge < -0.3 is 14.3 Å². The lowest BCUT2D eigenvalue weighted by atomic mass is 9.80. The number of unbranched alkanes of at least 4 members (excludes halogenated alkanes) is 2. The van der Waals surface area contributed by atoms with Gasteiger partial charge in [-0.05, 0) is 13.3 Å². The van der Waals surface area contributed by atoms with Crippen LogP contribution < -0.4 is 0 Å². The number of esters is 1. The van der Waals surface area contributed by atoms with Gasteiger partial charge in [0.2, 0.25) is 0 Å². The van der Waals surface area contributed by atoms with Crippen molar-refractivity contribution in [3.63, 3.8) is 0 Å². The first-order valence-electron chi connectivity index (χ1n) is 9.14. The lowest BCUT2D eigenvalue weighted by molar-refractivity contribution is -0.145. The van der Waals surface area contributed by atoms with Crippen molar-refractivity contribution >= 4 is 30.1 Å². The molecule has 0 aromatic rings. The van der Waals surface area contributed by atoms with E-state index in [1.165, 1.54) is 6.92 Å². The molecule has 0 radical (unpaired) electrons. The van der Waals surface area contributed by atoms with Gasteiger partial charge in [-0.1, -0.05) is 32.8 Å². The van der Waals surface area contributed by atoms with E-state index in [4.69, 9.17) is 4.74 Å². The van der Waals surface area contributed by atoms with E-state index >= 15 is 0 Å². The van der Waals surface area contributed by atoms with E-state index in [9.17, 15) is 24.0 Å². The Kier molecular flexibility index (Phi) is 13.0. The molecule has 0 aliphatic carbocycles. The van der Waals surface area contributed by atoms with Gasteiger partial charge in [0.05, 0.1) is 5.92 Å². The summed E-state index contributed by atoms with van der Waals surface area (Å²) in [5.41, 5.74) is 0.207. The summed E-state index contributed by atoms with van der Waals surface area (Å²) in [6.07, 6.45) is 4.68. The van der Waals surface area contributed by atoms with Crippen LogP contribution in [0.1, 0.15) is 65.2 Å². The van der Waals surface area contributed by atoms with E-state index in [-0.39, 0.29) is 49.4 Å². The molecule has 0 rings (SSSR count). The van der Waals surface area contributed by atoms with Crippen LogP contribution in [0.25, 0.3) is 0 Å². The highest BCUT2D eigenvalue weighted by Crippen LogP contribution is 2.25. The first kappa shape index (κ1) is 23.9. The van der Waals surface area contributed by atoms with E-state index in [1.54, 1.807) is 0 Å². The number of ether oxygens (including phenoxy) is 1. The van der Waals surface area contributed by atoms with E-state index < -0.39 is 17.8 Å². The second-order valence-electron chi connectivity index (χ2n) is 6.43. The summed E-state index contributed by atoms with van der Waals surface area (Å²) in [6, 6.07) is 0. The summed E-state index contributed by atoms with van der Waals surface area (Å²) in [7, 11) is 0. The van der Waals surface area contributed by atoms with Crippen LogP contribution in [0.5, 0.6) is 0 Å². The summed E-state index contributed by atoms with van der Waals surface area (Å²) in [4.78, 5) is 58.0. The maximum Gasteiger partial charge on any atom is 0.333 e. The number of hydrogen-bond acceptors (Lipinski definition) is 6. The maximum atomic E-state index is 12.6. The summed E-state index contributed by atoms with van der Waals surface area (Å²) in [5, 5.41) is 0. The quantitative estimate of drug-likeness (QED) is 0.180. The van der Waals surface area contributed by atoms with Crippen molar-refractivity contribution in [2.45, 2.75) is 65.2 Å². The van der Waals surface area contributed by atoms with Crippen LogP contribution in [0.4, 0.5) is 0 Å². The Morgan fingerprint density at radius 3 is 1.96 bits per heavy atom. The largest absolute Gasteiger partial charge is 0.462 e. The topological polar surface area (TPSA) is 94.6 Å². The molecule has 0 heterocycles. The molecule has 2 atom stereocenters. The Labute approximate surface area is 155 Å². The number of ketones is 2. The molecule has 26 heavy (non-hydrogen) atoms. The smallest absolute Gasteiger partial charge is 0.333 e. The molecular weight excluding hydrogens is 336 g/mol. The SMILES string of the molecule is C=C(C)C(=O)OCC(C(=O)CCC=O)C(CCCCC)C(=O)CCC=O. The van der Waals surface area contributed by atoms with Gasteiger partial charge in [0, 0.05) is 37.2 Å². The molecule has 6 heteroatoms. The second kappa shape index (κ2) is 14.1. The van der Waals surface area contributed by atoms with Crippen LogP contribution in [0.3, 0.4) is 0 Å². The highest BCUT2D eigenvalue weighted by atomic mass is 16.5. The third-order valence-electron chi connectivity index (χ3n) is 4.19. The molecule has 0 fully saturated rings. The fourth-order valence-corrected chi connectivity index (χ4v) is 2.70. The molecule has 0 bridgehead atoms. The number of hydrogen-bond donors (Lipinski definition) is 0. The molecule has 0 N–H and O–H groups in total. The van der Waals surface area contributed by atoms with E-state index in [0.717, 1.165) is 19.3 Å². The van der Waals surface area contributed by atoms with Crippen LogP contribution in [0, 0.1) is 11.8 Å². The molecule has 0 amide bonds. The lowest BCUT2D eigenvalue weighted by Gasteiger charge is -2.25. The predicted molar refractivity (Wildman–Crippen MR) is 97.5 cm³/mol. The molecule has 0 saturated carbocycles. The average Bonchev–Trinajstić information content (AvgIpc) is 2.62. The van der Waals surface area contributed by atoms with Crippen molar-refractivity contribution < 1.29 is 28.7 Å². The van der Waals surface area contributed by atoms with Gasteiger partial charge in [0.15, 0.2) is 0 Å². The van der Waals surface area contributed by atoms with Crippen molar-refractivity contribution in [3.05, 3.63) is 12.2 Å². The Hall–Kier alpha value is -2.11. The molecule has 0 aromatic heterocycles. The van der Waals surface area contributed by atoms with Crippen LogP contribution in [-0.2, 0) is 28.7 Å². The minimum atomic E-state index is -0.797. The average molecular weight is 366 g/mol. The number of Topliss-reactive ketones (excluding diaryl/α,β-unsaturated/α-hetero) is 2. The molecular formula is C20H30O6. The van der Waals surface area contributed by atoms with Crippen molar-refractivity contribution in [2.24, 2.45) is 11.8 Å². The zero-order chi connectivity index (χ0) is 19.9. The maximum absolute atomic E-state index is 12.6. The van der Waals surface area contributed by atoms with Crippen LogP contribution in [0.2, 0.25) is 0 Å². The number of aldehydes is 2. The van der Waals surface area contributed by atoms with Gasteiger partial charge in [0.1, 0.15) is 30.7 Å². The molecule has 0 aliphatic rings. The fourth-order valence-electron chi connectivity index (χ4n) is 2.70. The first-order valence-corrected chi connectivity index (χ1v) is 9.14. The van der Waals surface area contributed by atoms with Gasteiger partial charge >= 0.3 is 5.97 Å². The molecule has 6 nitrogen and oxygen atoms in total. The van der Waals surface area contributed by atoms with Crippen molar-refractivity contribution in [1.29, 1.82) is 0 Å². The van der Waals surface area contributed by atoms with Crippen molar-refractivity contribution in [2.75, 3.05) is 6.61 Å². The summed E-state index contributed by atoms with van der Waals surface area (Å²) in [5.74, 6) is -2.48. The van der Waals surface area contributed by atoms with Crippen LogP contribution in [0.15, 0.2) is 12.2 Å². The Bertz CT molecular complexity index is 508. The zero-order valence-electron chi connectivity index (χ0n) is 15.8. The van der Waals surface area contributed by atoms with Gasteiger partial charge in [0.25, 0.3) is 0 Å². The van der Waals surface area contributed by atoms with Crippen LogP contribution >= 0.6 is 0 Å². The standard InChI is InChI=1S/C20H30O6/c1-4-5-6-9-16(18(23)10-7-12-21)17(19(24)11-8-13-22)14-26-20(25)15(2)3/h12-13,16-17H,2,4-11,14H2,1,3H3. The molecule has 2 unspecified atom stereocenters. The minimum Gasteiger partial charge on any atom is -0.462 e. The van der Waals surface area contributed by atoms with Crippen LogP contribution in [-0.4, -0.2) is 36.7 Å². The number of carbonyl (C=O) groups is 5. The van der Waals surface area contributed by atoms with Gasteiger partial charge in [-0.2, -0.15) is 0 Å². The minimum absolute atomic E-state index is 0.00399. The second-order valence-corrected chi connectivity index (χ2v) is 6.43. The van der Waals surface area contributed by atoms with E-state index in [0.29, 0.717) is 19.0 Å². The highest BCUT2D eigenvalue weighted by Gasteiger charge is 2.33. The van der Waals surface area contributed by atoms with Gasteiger partial charge in [-0.25, -0.2) is 4.79 Å². The summed E-state index contributed by atoms with van der Waals surface area (Å²) < 4.78 is 5.14. The zero-order valence-corrected chi connectivity index (χ0v) is 15.8. The monoisotopic (exact) mass is 366 g/mol. The first-order chi connectivity index (χ1) is 12.4. The van der Waals surface area contributed by atoms with E-state index in [1.807, 2.05) is 6.92 Å². The summed E-state index contributed by atoms with van der Waals surface area (Å²) in [6.45, 7) is 6.81. The lowest BCUT2D eigenvalue weighted by Crippen LogP contribution is -2.34. The molecule has 0 aromatic carbocycles. The van der Waals surface area contributed by atoms with Gasteiger partial charge in [-0.15, -0.1) is 0 Å². The third-order valence-corrected chi connectivity index (χ3v) is 4.19. The third kappa shape index (κ3) is 9.39. The predicted octanol–water partition coefficient (Wildman–Crippen LogP) is 3.01. The number of carbonyl (C=O) groups excluding carboxylic acids is 5. The molecule has 146 valence electrons.